The van der Waals surface area contributed by atoms with Gasteiger partial charge in [-0.05, 0) is 42.3 Å². The number of hydrogen-bond acceptors (Lipinski definition) is 3. The molecule has 0 spiro atoms. The molecule has 1 amide bonds. The minimum Gasteiger partial charge on any atom is -0.320 e. The van der Waals surface area contributed by atoms with Crippen LogP contribution in [0.2, 0.25) is 0 Å². The molecular weight excluding hydrogens is 372 g/mol. The molecule has 0 fully saturated rings. The molecule has 3 rings (SSSR count). The molecule has 0 aliphatic carbocycles. The van der Waals surface area contributed by atoms with Gasteiger partial charge in [0.1, 0.15) is 0 Å². The first-order valence-corrected chi connectivity index (χ1v) is 10.8. The van der Waals surface area contributed by atoms with Gasteiger partial charge in [-0.15, -0.1) is 0 Å². The van der Waals surface area contributed by atoms with Crippen LogP contribution in [-0.2, 0) is 10.0 Å². The lowest BCUT2D eigenvalue weighted by atomic mass is 10.0. The molecule has 0 atom stereocenters. The largest absolute Gasteiger partial charge is 0.320 e. The van der Waals surface area contributed by atoms with Crippen LogP contribution in [0.3, 0.4) is 0 Å². The number of sulfonamides is 1. The average Bonchev–Trinajstić information content (AvgIpc) is 2.70. The lowest BCUT2D eigenvalue weighted by Crippen LogP contribution is -2.30. The molecule has 0 aliphatic rings. The van der Waals surface area contributed by atoms with Gasteiger partial charge in [-0.25, -0.2) is 8.42 Å². The van der Waals surface area contributed by atoms with E-state index in [9.17, 15) is 13.2 Å². The number of rotatable bonds is 6. The standard InChI is InChI=1S/C22H22N2O3S/c1-3-24(28(2,26)27)21-15-14-19(17-10-6-4-7-11-17)16-20(21)23-22(25)18-12-8-5-9-13-18/h4-16H,3H2,1-2H3,(H,23,25). The van der Waals surface area contributed by atoms with Gasteiger partial charge in [0.25, 0.3) is 5.91 Å². The molecule has 0 saturated carbocycles. The van der Waals surface area contributed by atoms with Gasteiger partial charge < -0.3 is 5.32 Å². The van der Waals surface area contributed by atoms with Crippen LogP contribution >= 0.6 is 0 Å². The summed E-state index contributed by atoms with van der Waals surface area (Å²) in [5, 5.41) is 2.88. The molecule has 0 aliphatic heterocycles. The van der Waals surface area contributed by atoms with Crippen molar-refractivity contribution in [1.82, 2.24) is 0 Å². The van der Waals surface area contributed by atoms with E-state index in [1.807, 2.05) is 42.5 Å². The summed E-state index contributed by atoms with van der Waals surface area (Å²) in [7, 11) is -3.49. The summed E-state index contributed by atoms with van der Waals surface area (Å²) in [6.45, 7) is 2.02. The Morgan fingerprint density at radius 2 is 1.50 bits per heavy atom. The number of carbonyl (C=O) groups excluding carboxylic acids is 1. The van der Waals surface area contributed by atoms with Crippen LogP contribution in [0.25, 0.3) is 11.1 Å². The van der Waals surface area contributed by atoms with Gasteiger partial charge in [0, 0.05) is 12.1 Å². The maximum atomic E-state index is 12.7. The van der Waals surface area contributed by atoms with Gasteiger partial charge in [0.05, 0.1) is 17.6 Å². The van der Waals surface area contributed by atoms with Crippen molar-refractivity contribution in [3.63, 3.8) is 0 Å². The van der Waals surface area contributed by atoms with Crippen LogP contribution in [0.4, 0.5) is 11.4 Å². The Balaban J connectivity index is 2.08. The highest BCUT2D eigenvalue weighted by atomic mass is 32.2. The third-order valence-electron chi connectivity index (χ3n) is 4.34. The Bertz CT molecular complexity index is 1070. The van der Waals surface area contributed by atoms with E-state index in [1.54, 1.807) is 43.3 Å². The molecule has 0 bridgehead atoms. The van der Waals surface area contributed by atoms with E-state index in [0.717, 1.165) is 17.4 Å². The van der Waals surface area contributed by atoms with Crippen molar-refractivity contribution in [2.75, 3.05) is 22.4 Å². The summed E-state index contributed by atoms with van der Waals surface area (Å²) in [6, 6.07) is 23.9. The summed E-state index contributed by atoms with van der Waals surface area (Å²) in [4.78, 5) is 12.7. The molecule has 0 saturated heterocycles. The zero-order chi connectivity index (χ0) is 20.1. The Morgan fingerprint density at radius 1 is 0.893 bits per heavy atom. The summed E-state index contributed by atoms with van der Waals surface area (Å²) < 4.78 is 25.8. The van der Waals surface area contributed by atoms with E-state index < -0.39 is 10.0 Å². The summed E-state index contributed by atoms with van der Waals surface area (Å²) >= 11 is 0. The van der Waals surface area contributed by atoms with Crippen LogP contribution in [0.15, 0.2) is 78.9 Å². The highest BCUT2D eigenvalue weighted by molar-refractivity contribution is 7.92. The molecule has 6 heteroatoms. The predicted octanol–water partition coefficient (Wildman–Crippen LogP) is 4.39. The van der Waals surface area contributed by atoms with Crippen LogP contribution in [0.5, 0.6) is 0 Å². The van der Waals surface area contributed by atoms with Crippen molar-refractivity contribution >= 4 is 27.3 Å². The van der Waals surface area contributed by atoms with Gasteiger partial charge in [-0.1, -0.05) is 54.6 Å². The fraction of sp³-hybridized carbons (Fsp3) is 0.136. The fourth-order valence-electron chi connectivity index (χ4n) is 3.03. The second-order valence-electron chi connectivity index (χ2n) is 6.35. The van der Waals surface area contributed by atoms with Crippen molar-refractivity contribution < 1.29 is 13.2 Å². The number of hydrogen-bond donors (Lipinski definition) is 1. The van der Waals surface area contributed by atoms with Crippen molar-refractivity contribution in [3.05, 3.63) is 84.4 Å². The highest BCUT2D eigenvalue weighted by Gasteiger charge is 2.20. The average molecular weight is 394 g/mol. The summed E-state index contributed by atoms with van der Waals surface area (Å²) in [5.41, 5.74) is 3.25. The minimum absolute atomic E-state index is 0.262. The Labute approximate surface area is 165 Å². The van der Waals surface area contributed by atoms with Crippen LogP contribution in [-0.4, -0.2) is 27.1 Å². The molecule has 0 heterocycles. The van der Waals surface area contributed by atoms with Crippen molar-refractivity contribution in [2.45, 2.75) is 6.92 Å². The third-order valence-corrected chi connectivity index (χ3v) is 5.60. The molecule has 3 aromatic rings. The summed E-state index contributed by atoms with van der Waals surface area (Å²) in [6.07, 6.45) is 1.16. The van der Waals surface area contributed by atoms with E-state index in [0.29, 0.717) is 16.9 Å². The van der Waals surface area contributed by atoms with E-state index in [4.69, 9.17) is 0 Å². The molecule has 0 unspecified atom stereocenters. The Morgan fingerprint density at radius 3 is 2.07 bits per heavy atom. The lowest BCUT2D eigenvalue weighted by molar-refractivity contribution is 0.102. The lowest BCUT2D eigenvalue weighted by Gasteiger charge is -2.24. The Hall–Kier alpha value is -3.12. The first kappa shape index (κ1) is 19.6. The van der Waals surface area contributed by atoms with E-state index in [2.05, 4.69) is 5.32 Å². The SMILES string of the molecule is CCN(c1ccc(-c2ccccc2)cc1NC(=O)c1ccccc1)S(C)(=O)=O. The number of amides is 1. The van der Waals surface area contributed by atoms with Gasteiger partial charge in [0.2, 0.25) is 10.0 Å². The maximum Gasteiger partial charge on any atom is 0.255 e. The number of benzene rings is 3. The second kappa shape index (κ2) is 8.27. The van der Waals surface area contributed by atoms with E-state index in [1.165, 1.54) is 4.31 Å². The second-order valence-corrected chi connectivity index (χ2v) is 8.25. The van der Waals surface area contributed by atoms with Crippen LogP contribution in [0.1, 0.15) is 17.3 Å². The minimum atomic E-state index is -3.49. The van der Waals surface area contributed by atoms with Gasteiger partial charge >= 0.3 is 0 Å². The molecule has 3 aromatic carbocycles. The van der Waals surface area contributed by atoms with Crippen LogP contribution in [0, 0.1) is 0 Å². The molecule has 1 N–H and O–H groups in total. The number of nitrogens with one attached hydrogen (secondary N) is 1. The van der Waals surface area contributed by atoms with Crippen LogP contribution < -0.4 is 9.62 Å². The first-order valence-electron chi connectivity index (χ1n) is 8.93. The third kappa shape index (κ3) is 4.40. The molecule has 0 radical (unpaired) electrons. The monoisotopic (exact) mass is 394 g/mol. The Kier molecular flexibility index (Phi) is 5.80. The molecular formula is C22H22N2O3S. The molecule has 5 nitrogen and oxygen atoms in total. The summed E-state index contributed by atoms with van der Waals surface area (Å²) in [5.74, 6) is -0.295. The smallest absolute Gasteiger partial charge is 0.255 e. The van der Waals surface area contributed by atoms with Crippen molar-refractivity contribution in [3.8, 4) is 11.1 Å². The zero-order valence-electron chi connectivity index (χ0n) is 15.8. The number of anilines is 2. The normalized spacial score (nSPS) is 11.1. The fourth-order valence-corrected chi connectivity index (χ4v) is 4.02. The predicted molar refractivity (Wildman–Crippen MR) is 114 cm³/mol. The number of carbonyl (C=O) groups is 1. The number of nitrogens with zero attached hydrogens (tertiary/aromatic N) is 1. The quantitative estimate of drug-likeness (QED) is 0.674. The van der Waals surface area contributed by atoms with Crippen molar-refractivity contribution in [1.29, 1.82) is 0 Å². The van der Waals surface area contributed by atoms with E-state index in [-0.39, 0.29) is 12.5 Å². The zero-order valence-corrected chi connectivity index (χ0v) is 16.6. The molecule has 144 valence electrons. The van der Waals surface area contributed by atoms with Gasteiger partial charge in [-0.2, -0.15) is 0 Å². The highest BCUT2D eigenvalue weighted by Crippen LogP contribution is 2.33. The first-order chi connectivity index (χ1) is 13.4. The topological polar surface area (TPSA) is 66.5 Å². The maximum absolute atomic E-state index is 12.7. The van der Waals surface area contributed by atoms with E-state index >= 15 is 0 Å². The molecule has 28 heavy (non-hydrogen) atoms. The van der Waals surface area contributed by atoms with Gasteiger partial charge in [0.15, 0.2) is 0 Å². The van der Waals surface area contributed by atoms with Crippen molar-refractivity contribution in [2.24, 2.45) is 0 Å². The molecule has 0 aromatic heterocycles. The van der Waals surface area contributed by atoms with Gasteiger partial charge in [-0.3, -0.25) is 9.10 Å².